The Morgan fingerprint density at radius 2 is 1.95 bits per heavy atom. The lowest BCUT2D eigenvalue weighted by Gasteiger charge is -2.39. The number of likely N-dealkylation sites (tertiary alicyclic amines) is 1. The van der Waals surface area contributed by atoms with Crippen molar-refractivity contribution in [2.45, 2.75) is 38.7 Å². The molecule has 2 aromatic heterocycles. The minimum atomic E-state index is -1.31. The van der Waals surface area contributed by atoms with Crippen LogP contribution in [0, 0.1) is 0 Å². The number of hydrogen-bond acceptors (Lipinski definition) is 7. The number of nitrogens with one attached hydrogen (secondary N) is 1. The number of carboxylic acid groups (broad SMARTS) is 1. The van der Waals surface area contributed by atoms with Crippen molar-refractivity contribution in [3.8, 4) is 5.69 Å². The molecular formula is C29H31N5O4. The third-order valence-corrected chi connectivity index (χ3v) is 7.25. The molecule has 3 N–H and O–H groups in total. The molecule has 9 heteroatoms. The van der Waals surface area contributed by atoms with Crippen LogP contribution >= 0.6 is 0 Å². The van der Waals surface area contributed by atoms with E-state index < -0.39 is 17.0 Å². The molecule has 1 saturated heterocycles. The van der Waals surface area contributed by atoms with E-state index in [0.717, 1.165) is 37.1 Å². The molecule has 196 valence electrons. The number of carboxylic acids is 1. The van der Waals surface area contributed by atoms with Crippen molar-refractivity contribution in [3.05, 3.63) is 87.8 Å². The third-order valence-electron chi connectivity index (χ3n) is 7.25. The zero-order valence-corrected chi connectivity index (χ0v) is 21.5. The summed E-state index contributed by atoms with van der Waals surface area (Å²) in [7, 11) is 0. The SMILES string of the molecule is CCc1ccc(-n2cc(C(=O)O)c(=O)c3cnc(Nc4cccc(C5(O)CCCN(CC)C5)c4)nc32)cc1. The summed E-state index contributed by atoms with van der Waals surface area (Å²) in [6, 6.07) is 15.2. The lowest BCUT2D eigenvalue weighted by Crippen LogP contribution is -2.45. The number of rotatable bonds is 7. The zero-order valence-electron chi connectivity index (χ0n) is 21.5. The highest BCUT2D eigenvalue weighted by molar-refractivity contribution is 5.92. The van der Waals surface area contributed by atoms with Gasteiger partial charge in [0.05, 0.1) is 5.39 Å². The van der Waals surface area contributed by atoms with Gasteiger partial charge in [0.2, 0.25) is 11.4 Å². The third kappa shape index (κ3) is 4.90. The molecule has 0 radical (unpaired) electrons. The van der Waals surface area contributed by atoms with Crippen molar-refractivity contribution in [1.29, 1.82) is 0 Å². The first-order valence-electron chi connectivity index (χ1n) is 12.9. The van der Waals surface area contributed by atoms with Gasteiger partial charge in [-0.3, -0.25) is 4.79 Å². The lowest BCUT2D eigenvalue weighted by atomic mass is 9.85. The van der Waals surface area contributed by atoms with Gasteiger partial charge in [-0.25, -0.2) is 9.78 Å². The topological polar surface area (TPSA) is 121 Å². The van der Waals surface area contributed by atoms with E-state index in [1.54, 1.807) is 4.57 Å². The standard InChI is InChI=1S/C29H31N5O4/c1-3-19-9-11-22(12-10-19)34-17-24(27(36)37)25(35)23-16-30-28(32-26(23)34)31-21-8-5-7-20(15-21)29(38)13-6-14-33(4-2)18-29/h5,7-12,15-17,38H,3-4,6,13-14,18H2,1-2H3,(H,36,37)(H,30,31,32). The fourth-order valence-corrected chi connectivity index (χ4v) is 5.06. The molecule has 3 heterocycles. The first kappa shape index (κ1) is 25.6. The summed E-state index contributed by atoms with van der Waals surface area (Å²) in [5.41, 5.74) is 1.71. The number of anilines is 2. The summed E-state index contributed by atoms with van der Waals surface area (Å²) in [6.07, 6.45) is 5.14. The van der Waals surface area contributed by atoms with Crippen LogP contribution in [0.25, 0.3) is 16.7 Å². The summed E-state index contributed by atoms with van der Waals surface area (Å²) >= 11 is 0. The van der Waals surface area contributed by atoms with Crippen LogP contribution in [0.2, 0.25) is 0 Å². The Morgan fingerprint density at radius 1 is 1.16 bits per heavy atom. The van der Waals surface area contributed by atoms with E-state index in [9.17, 15) is 19.8 Å². The molecule has 0 amide bonds. The van der Waals surface area contributed by atoms with Crippen LogP contribution in [0.4, 0.5) is 11.6 Å². The number of nitrogens with zero attached hydrogens (tertiary/aromatic N) is 4. The molecule has 1 fully saturated rings. The van der Waals surface area contributed by atoms with Gasteiger partial charge in [-0.05, 0) is 67.7 Å². The van der Waals surface area contributed by atoms with Crippen LogP contribution in [0.1, 0.15) is 48.2 Å². The van der Waals surface area contributed by atoms with E-state index >= 15 is 0 Å². The van der Waals surface area contributed by atoms with Crippen LogP contribution in [0.15, 0.2) is 65.7 Å². The second-order valence-corrected chi connectivity index (χ2v) is 9.71. The maximum Gasteiger partial charge on any atom is 0.341 e. The van der Waals surface area contributed by atoms with Crippen LogP contribution in [-0.2, 0) is 12.0 Å². The molecule has 0 saturated carbocycles. The van der Waals surface area contributed by atoms with Crippen molar-refractivity contribution in [3.63, 3.8) is 0 Å². The smallest absolute Gasteiger partial charge is 0.341 e. The minimum absolute atomic E-state index is 0.111. The van der Waals surface area contributed by atoms with E-state index in [2.05, 4.69) is 34.0 Å². The van der Waals surface area contributed by atoms with Crippen LogP contribution in [-0.4, -0.2) is 55.3 Å². The van der Waals surface area contributed by atoms with Gasteiger partial charge in [-0.15, -0.1) is 0 Å². The van der Waals surface area contributed by atoms with Crippen LogP contribution in [0.3, 0.4) is 0 Å². The molecule has 0 spiro atoms. The Labute approximate surface area is 220 Å². The van der Waals surface area contributed by atoms with Gasteiger partial charge in [0.25, 0.3) is 0 Å². The predicted octanol–water partition coefficient (Wildman–Crippen LogP) is 4.09. The highest BCUT2D eigenvalue weighted by Gasteiger charge is 2.34. The average molecular weight is 514 g/mol. The number of fused-ring (bicyclic) bond motifs is 1. The number of carbonyl (C=O) groups is 1. The Morgan fingerprint density at radius 3 is 2.66 bits per heavy atom. The van der Waals surface area contributed by atoms with Gasteiger partial charge < -0.3 is 25.0 Å². The normalized spacial score (nSPS) is 18.0. The Kier molecular flexibility index (Phi) is 6.96. The number of hydrogen-bond donors (Lipinski definition) is 3. The highest BCUT2D eigenvalue weighted by atomic mass is 16.4. The van der Waals surface area contributed by atoms with Gasteiger partial charge in [0, 0.05) is 30.3 Å². The Balaban J connectivity index is 1.54. The molecular weight excluding hydrogens is 482 g/mol. The molecule has 0 bridgehead atoms. The summed E-state index contributed by atoms with van der Waals surface area (Å²) in [6.45, 7) is 6.59. The zero-order chi connectivity index (χ0) is 26.9. The van der Waals surface area contributed by atoms with Crippen molar-refractivity contribution in [2.75, 3.05) is 25.0 Å². The summed E-state index contributed by atoms with van der Waals surface area (Å²) in [4.78, 5) is 35.9. The van der Waals surface area contributed by atoms with E-state index in [1.165, 1.54) is 12.4 Å². The monoisotopic (exact) mass is 513 g/mol. The second kappa shape index (κ2) is 10.4. The van der Waals surface area contributed by atoms with Crippen molar-refractivity contribution >= 4 is 28.6 Å². The molecule has 0 aliphatic carbocycles. The molecule has 38 heavy (non-hydrogen) atoms. The van der Waals surface area contributed by atoms with Gasteiger partial charge in [0.15, 0.2) is 5.65 Å². The fraction of sp³-hybridized carbons (Fsp3) is 0.310. The van der Waals surface area contributed by atoms with Gasteiger partial charge in [0.1, 0.15) is 11.2 Å². The maximum absolute atomic E-state index is 12.9. The van der Waals surface area contributed by atoms with Crippen LogP contribution < -0.4 is 10.7 Å². The van der Waals surface area contributed by atoms with Gasteiger partial charge in [-0.2, -0.15) is 4.98 Å². The molecule has 1 atom stereocenters. The van der Waals surface area contributed by atoms with Crippen LogP contribution in [0.5, 0.6) is 0 Å². The summed E-state index contributed by atoms with van der Waals surface area (Å²) in [5.74, 6) is -1.06. The number of aliphatic hydroxyl groups is 1. The lowest BCUT2D eigenvalue weighted by molar-refractivity contribution is -0.0339. The number of piperidine rings is 1. The summed E-state index contributed by atoms with van der Waals surface area (Å²) in [5, 5.41) is 24.3. The van der Waals surface area contributed by atoms with E-state index in [-0.39, 0.29) is 16.9 Å². The predicted molar refractivity (Wildman–Crippen MR) is 146 cm³/mol. The number of likely N-dealkylation sites (N-methyl/N-ethyl adjacent to an activating group) is 1. The minimum Gasteiger partial charge on any atom is -0.477 e. The largest absolute Gasteiger partial charge is 0.477 e. The van der Waals surface area contributed by atoms with E-state index in [4.69, 9.17) is 0 Å². The Hall–Kier alpha value is -4.08. The summed E-state index contributed by atoms with van der Waals surface area (Å²) < 4.78 is 1.60. The molecule has 9 nitrogen and oxygen atoms in total. The number of aromatic nitrogens is 3. The second-order valence-electron chi connectivity index (χ2n) is 9.71. The van der Waals surface area contributed by atoms with Gasteiger partial charge in [-0.1, -0.05) is 38.1 Å². The molecule has 5 rings (SSSR count). The number of aromatic carboxylic acids is 1. The van der Waals surface area contributed by atoms with E-state index in [0.29, 0.717) is 30.0 Å². The van der Waals surface area contributed by atoms with Crippen molar-refractivity contribution < 1.29 is 15.0 Å². The number of benzene rings is 2. The number of pyridine rings is 1. The quantitative estimate of drug-likeness (QED) is 0.338. The molecule has 1 aliphatic heterocycles. The van der Waals surface area contributed by atoms with Crippen molar-refractivity contribution in [1.82, 2.24) is 19.4 Å². The Bertz CT molecular complexity index is 1550. The first-order chi connectivity index (χ1) is 18.3. The van der Waals surface area contributed by atoms with Gasteiger partial charge >= 0.3 is 5.97 Å². The van der Waals surface area contributed by atoms with Crippen molar-refractivity contribution in [2.24, 2.45) is 0 Å². The maximum atomic E-state index is 12.9. The van der Waals surface area contributed by atoms with E-state index in [1.807, 2.05) is 48.5 Å². The average Bonchev–Trinajstić information content (AvgIpc) is 2.93. The number of β-amino-alcohol motifs (C(OH)–C–C–N with tert-alkyl or cyclic N) is 1. The molecule has 4 aromatic rings. The molecule has 2 aromatic carbocycles. The molecule has 1 unspecified atom stereocenters. The highest BCUT2D eigenvalue weighted by Crippen LogP contribution is 2.33. The first-order valence-corrected chi connectivity index (χ1v) is 12.9. The fourth-order valence-electron chi connectivity index (χ4n) is 5.06. The number of aryl methyl sites for hydroxylation is 1. The molecule has 1 aliphatic rings.